The third-order valence-electron chi connectivity index (χ3n) is 3.83. The number of aromatic nitrogens is 1. The Morgan fingerprint density at radius 3 is 2.64 bits per heavy atom. The molecule has 0 N–H and O–H groups in total. The van der Waals surface area contributed by atoms with Crippen LogP contribution in [0.2, 0.25) is 10.0 Å². The molecule has 0 atom stereocenters. The van der Waals surface area contributed by atoms with E-state index in [9.17, 15) is 9.59 Å². The van der Waals surface area contributed by atoms with Crippen molar-refractivity contribution in [2.75, 3.05) is 6.61 Å². The van der Waals surface area contributed by atoms with Crippen LogP contribution < -0.4 is 16.1 Å². The number of hydrogen-bond acceptors (Lipinski definition) is 4. The van der Waals surface area contributed by atoms with E-state index in [1.54, 1.807) is 0 Å². The molecular weight excluding hydrogens is 365 g/mol. The molecule has 130 valence electrons. The molecule has 0 radical (unpaired) electrons. The molecule has 7 heteroatoms. The van der Waals surface area contributed by atoms with Gasteiger partial charge in [0.25, 0.3) is 0 Å². The molecule has 0 aliphatic heterocycles. The number of fused-ring (bicyclic) bond motifs is 1. The molecule has 0 saturated heterocycles. The van der Waals surface area contributed by atoms with Gasteiger partial charge in [-0.2, -0.15) is 0 Å². The minimum atomic E-state index is -0.786. The normalized spacial score (nSPS) is 11.0. The standard InChI is InChI=1S/C18H15Cl2NO4/c1-10-3-4-11(2)15(7-10)24-6-5-21-16-13(17(22)25-18(21)23)8-12(19)9-14(16)20/h3-4,7-9H,5-6H2,1-2H3. The van der Waals surface area contributed by atoms with Gasteiger partial charge in [-0.1, -0.05) is 35.3 Å². The largest absolute Gasteiger partial charge is 0.491 e. The van der Waals surface area contributed by atoms with Crippen molar-refractivity contribution in [2.45, 2.75) is 20.4 Å². The zero-order valence-electron chi connectivity index (χ0n) is 13.6. The molecule has 0 bridgehead atoms. The molecule has 1 heterocycles. The molecule has 0 aliphatic rings. The van der Waals surface area contributed by atoms with Gasteiger partial charge in [0.2, 0.25) is 0 Å². The summed E-state index contributed by atoms with van der Waals surface area (Å²) in [6.07, 6.45) is 0. The molecule has 3 rings (SSSR count). The van der Waals surface area contributed by atoms with E-state index >= 15 is 0 Å². The van der Waals surface area contributed by atoms with Crippen LogP contribution in [0.15, 0.2) is 44.3 Å². The molecule has 3 aromatic rings. The summed E-state index contributed by atoms with van der Waals surface area (Å²) in [5.74, 6) is -0.0461. The molecule has 0 aliphatic carbocycles. The van der Waals surface area contributed by atoms with Crippen molar-refractivity contribution in [1.82, 2.24) is 4.57 Å². The fraction of sp³-hybridized carbons (Fsp3) is 0.222. The Balaban J connectivity index is 1.95. The number of rotatable bonds is 4. The lowest BCUT2D eigenvalue weighted by Crippen LogP contribution is -2.27. The van der Waals surface area contributed by atoms with Crippen molar-refractivity contribution >= 4 is 34.1 Å². The lowest BCUT2D eigenvalue weighted by atomic mass is 10.1. The summed E-state index contributed by atoms with van der Waals surface area (Å²) in [6, 6.07) is 8.79. The summed E-state index contributed by atoms with van der Waals surface area (Å²) in [6.45, 7) is 4.30. The fourth-order valence-electron chi connectivity index (χ4n) is 2.59. The van der Waals surface area contributed by atoms with Gasteiger partial charge >= 0.3 is 11.4 Å². The first kappa shape index (κ1) is 17.6. The topological polar surface area (TPSA) is 61.4 Å². The van der Waals surface area contributed by atoms with Crippen molar-refractivity contribution in [3.8, 4) is 5.75 Å². The van der Waals surface area contributed by atoms with E-state index in [-0.39, 0.29) is 29.1 Å². The molecule has 25 heavy (non-hydrogen) atoms. The molecule has 0 saturated carbocycles. The van der Waals surface area contributed by atoms with Crippen LogP contribution in [0.1, 0.15) is 11.1 Å². The van der Waals surface area contributed by atoms with Crippen LogP contribution in [0.5, 0.6) is 5.75 Å². The summed E-state index contributed by atoms with van der Waals surface area (Å²) in [5, 5.41) is 0.657. The van der Waals surface area contributed by atoms with E-state index in [0.717, 1.165) is 16.9 Å². The first-order valence-corrected chi connectivity index (χ1v) is 8.35. The Bertz CT molecular complexity index is 1070. The molecule has 0 spiro atoms. The summed E-state index contributed by atoms with van der Waals surface area (Å²) in [7, 11) is 0. The van der Waals surface area contributed by atoms with Gasteiger partial charge in [-0.05, 0) is 43.2 Å². The summed E-state index contributed by atoms with van der Waals surface area (Å²) in [4.78, 5) is 24.0. The highest BCUT2D eigenvalue weighted by atomic mass is 35.5. The molecule has 5 nitrogen and oxygen atoms in total. The first-order valence-electron chi connectivity index (χ1n) is 7.59. The summed E-state index contributed by atoms with van der Waals surface area (Å²) < 4.78 is 11.8. The van der Waals surface area contributed by atoms with E-state index < -0.39 is 11.4 Å². The number of halogens is 2. The van der Waals surface area contributed by atoms with Crippen molar-refractivity contribution in [1.29, 1.82) is 0 Å². The average Bonchev–Trinajstić information content (AvgIpc) is 2.54. The predicted octanol–water partition coefficient (Wildman–Crippen LogP) is 3.96. The summed E-state index contributed by atoms with van der Waals surface area (Å²) >= 11 is 12.1. The van der Waals surface area contributed by atoms with Gasteiger partial charge in [-0.15, -0.1) is 0 Å². The predicted molar refractivity (Wildman–Crippen MR) is 98.2 cm³/mol. The second-order valence-electron chi connectivity index (χ2n) is 5.71. The van der Waals surface area contributed by atoms with E-state index in [1.807, 2.05) is 32.0 Å². The van der Waals surface area contributed by atoms with Crippen molar-refractivity contribution in [3.05, 3.63) is 72.5 Å². The molecule has 0 fully saturated rings. The van der Waals surface area contributed by atoms with Crippen LogP contribution in [0.4, 0.5) is 0 Å². The highest BCUT2D eigenvalue weighted by molar-refractivity contribution is 6.38. The zero-order chi connectivity index (χ0) is 18.1. The van der Waals surface area contributed by atoms with Gasteiger partial charge in [0.05, 0.1) is 22.5 Å². The Labute approximate surface area is 153 Å². The zero-order valence-corrected chi connectivity index (χ0v) is 15.1. The van der Waals surface area contributed by atoms with Crippen LogP contribution in [0.3, 0.4) is 0 Å². The minimum absolute atomic E-state index is 0.156. The fourth-order valence-corrected chi connectivity index (χ4v) is 3.18. The quantitative estimate of drug-likeness (QED) is 0.688. The van der Waals surface area contributed by atoms with E-state index in [0.29, 0.717) is 5.02 Å². The molecule has 1 aromatic heterocycles. The van der Waals surface area contributed by atoms with Crippen LogP contribution in [-0.4, -0.2) is 11.2 Å². The lowest BCUT2D eigenvalue weighted by molar-refractivity contribution is 0.285. The smallest absolute Gasteiger partial charge is 0.422 e. The number of ether oxygens (including phenoxy) is 1. The number of nitrogens with zero attached hydrogens (tertiary/aromatic N) is 1. The van der Waals surface area contributed by atoms with Gasteiger partial charge in [0.1, 0.15) is 12.4 Å². The maximum absolute atomic E-state index is 12.1. The maximum atomic E-state index is 12.1. The van der Waals surface area contributed by atoms with Crippen LogP contribution in [0, 0.1) is 13.8 Å². The molecule has 0 amide bonds. The van der Waals surface area contributed by atoms with Gasteiger partial charge in [-0.25, -0.2) is 9.59 Å². The lowest BCUT2D eigenvalue weighted by Gasteiger charge is -2.13. The second-order valence-corrected chi connectivity index (χ2v) is 6.55. The first-order chi connectivity index (χ1) is 11.9. The Morgan fingerprint density at radius 1 is 1.12 bits per heavy atom. The molecule has 2 aromatic carbocycles. The number of aryl methyl sites for hydroxylation is 2. The van der Waals surface area contributed by atoms with E-state index in [1.165, 1.54) is 16.7 Å². The average molecular weight is 380 g/mol. The van der Waals surface area contributed by atoms with Gasteiger partial charge in [-0.3, -0.25) is 4.57 Å². The third kappa shape index (κ3) is 3.57. The van der Waals surface area contributed by atoms with Crippen LogP contribution in [0.25, 0.3) is 10.9 Å². The van der Waals surface area contributed by atoms with Crippen LogP contribution >= 0.6 is 23.2 Å². The Kier molecular flexibility index (Phi) is 4.88. The van der Waals surface area contributed by atoms with Gasteiger partial charge in [0, 0.05) is 5.02 Å². The summed E-state index contributed by atoms with van der Waals surface area (Å²) in [5.41, 5.74) is 1.59. The van der Waals surface area contributed by atoms with Gasteiger partial charge < -0.3 is 9.15 Å². The minimum Gasteiger partial charge on any atom is -0.491 e. The van der Waals surface area contributed by atoms with Crippen molar-refractivity contribution in [3.63, 3.8) is 0 Å². The Hall–Kier alpha value is -2.24. The highest BCUT2D eigenvalue weighted by Gasteiger charge is 2.14. The number of hydrogen-bond donors (Lipinski definition) is 0. The second kappa shape index (κ2) is 6.94. The van der Waals surface area contributed by atoms with Gasteiger partial charge in [0.15, 0.2) is 0 Å². The third-order valence-corrected chi connectivity index (χ3v) is 4.34. The molecule has 0 unspecified atom stereocenters. The monoisotopic (exact) mass is 379 g/mol. The SMILES string of the molecule is Cc1ccc(C)c(OCCn2c(=O)oc(=O)c3cc(Cl)cc(Cl)c32)c1. The van der Waals surface area contributed by atoms with E-state index in [4.69, 9.17) is 32.4 Å². The van der Waals surface area contributed by atoms with Crippen LogP contribution in [-0.2, 0) is 6.54 Å². The Morgan fingerprint density at radius 2 is 1.88 bits per heavy atom. The van der Waals surface area contributed by atoms with E-state index in [2.05, 4.69) is 0 Å². The van der Waals surface area contributed by atoms with Crippen molar-refractivity contribution in [2.24, 2.45) is 0 Å². The van der Waals surface area contributed by atoms with Crippen molar-refractivity contribution < 1.29 is 9.15 Å². The highest BCUT2D eigenvalue weighted by Crippen LogP contribution is 2.25. The number of benzene rings is 2. The molecular formula is C18H15Cl2NO4. The maximum Gasteiger partial charge on any atom is 0.422 e.